The molecule has 0 unspecified atom stereocenters. The van der Waals surface area contributed by atoms with Gasteiger partial charge in [0.15, 0.2) is 11.6 Å². The molecule has 1 N–H and O–H groups in total. The molecule has 2 amide bonds. The molecule has 0 saturated carbocycles. The van der Waals surface area contributed by atoms with Gasteiger partial charge in [0.25, 0.3) is 0 Å². The zero-order valence-corrected chi connectivity index (χ0v) is 22.6. The van der Waals surface area contributed by atoms with E-state index < -0.39 is 27.7 Å². The third-order valence-corrected chi connectivity index (χ3v) is 7.35. The van der Waals surface area contributed by atoms with E-state index in [9.17, 15) is 26.8 Å². The number of halogens is 4. The van der Waals surface area contributed by atoms with Crippen molar-refractivity contribution >= 4 is 50.7 Å². The highest BCUT2D eigenvalue weighted by Crippen LogP contribution is 2.25. The first-order chi connectivity index (χ1) is 16.9. The predicted octanol–water partition coefficient (Wildman–Crippen LogP) is 4.76. The number of anilines is 1. The van der Waals surface area contributed by atoms with Gasteiger partial charge in [-0.2, -0.15) is 0 Å². The van der Waals surface area contributed by atoms with Crippen LogP contribution in [0.2, 0.25) is 10.0 Å². The Labute approximate surface area is 220 Å². The molecule has 0 heterocycles. The highest BCUT2D eigenvalue weighted by molar-refractivity contribution is 7.92. The average molecular weight is 564 g/mol. The van der Waals surface area contributed by atoms with Gasteiger partial charge in [-0.15, -0.1) is 0 Å². The first-order valence-electron chi connectivity index (χ1n) is 11.3. The van der Waals surface area contributed by atoms with Crippen LogP contribution in [0.5, 0.6) is 0 Å². The Balaban J connectivity index is 2.24. The van der Waals surface area contributed by atoms with Crippen LogP contribution in [0.4, 0.5) is 14.5 Å². The molecule has 198 valence electrons. The number of likely N-dealkylation sites (N-methyl/N-ethyl adjacent to an activating group) is 1. The fourth-order valence-corrected chi connectivity index (χ4v) is 4.97. The molecule has 0 aliphatic rings. The van der Waals surface area contributed by atoms with Crippen molar-refractivity contribution in [3.63, 3.8) is 0 Å². The van der Waals surface area contributed by atoms with Crippen LogP contribution >= 0.6 is 23.2 Å². The van der Waals surface area contributed by atoms with Crippen LogP contribution in [0.15, 0.2) is 36.4 Å². The van der Waals surface area contributed by atoms with E-state index in [4.69, 9.17) is 23.2 Å². The zero-order chi connectivity index (χ0) is 27.0. The van der Waals surface area contributed by atoms with Crippen molar-refractivity contribution in [2.24, 2.45) is 0 Å². The molecule has 0 saturated heterocycles. The largest absolute Gasteiger partial charge is 0.355 e. The summed E-state index contributed by atoms with van der Waals surface area (Å²) >= 11 is 12.1. The SMILES string of the molecule is CCNC(=O)[C@H](CC)N(Cc1ccc(Cl)c(Cl)c1)C(=O)CCCN(c1ccc(F)c(F)c1)S(C)(=O)=O. The maximum Gasteiger partial charge on any atom is 0.242 e. The van der Waals surface area contributed by atoms with E-state index in [0.717, 1.165) is 28.8 Å². The molecule has 0 spiro atoms. The van der Waals surface area contributed by atoms with Crippen LogP contribution in [0, 0.1) is 11.6 Å². The van der Waals surface area contributed by atoms with Crippen molar-refractivity contribution in [1.82, 2.24) is 10.2 Å². The number of nitrogens with zero attached hydrogens (tertiary/aromatic N) is 2. The molecule has 2 aromatic rings. The molecule has 0 aromatic heterocycles. The number of hydrogen-bond donors (Lipinski definition) is 1. The first kappa shape index (κ1) is 29.8. The van der Waals surface area contributed by atoms with Crippen molar-refractivity contribution in [3.8, 4) is 0 Å². The smallest absolute Gasteiger partial charge is 0.242 e. The summed E-state index contributed by atoms with van der Waals surface area (Å²) in [7, 11) is -3.84. The Morgan fingerprint density at radius 2 is 1.72 bits per heavy atom. The van der Waals surface area contributed by atoms with Gasteiger partial charge in [-0.3, -0.25) is 13.9 Å². The molecular formula is C24H29Cl2F2N3O4S. The van der Waals surface area contributed by atoms with E-state index in [-0.39, 0.29) is 43.4 Å². The van der Waals surface area contributed by atoms with Gasteiger partial charge in [0.1, 0.15) is 6.04 Å². The van der Waals surface area contributed by atoms with E-state index in [1.165, 1.54) is 4.90 Å². The first-order valence-corrected chi connectivity index (χ1v) is 13.9. The van der Waals surface area contributed by atoms with Crippen LogP contribution in [0.1, 0.15) is 38.7 Å². The average Bonchev–Trinajstić information content (AvgIpc) is 2.80. The highest BCUT2D eigenvalue weighted by atomic mass is 35.5. The number of carbonyl (C=O) groups excluding carboxylic acids is 2. The fourth-order valence-electron chi connectivity index (χ4n) is 3.69. The Kier molecular flexibility index (Phi) is 10.9. The van der Waals surface area contributed by atoms with Crippen LogP contribution < -0.4 is 9.62 Å². The van der Waals surface area contributed by atoms with Gasteiger partial charge in [-0.1, -0.05) is 36.2 Å². The van der Waals surface area contributed by atoms with Crippen LogP contribution in [0.25, 0.3) is 0 Å². The minimum atomic E-state index is -3.84. The van der Waals surface area contributed by atoms with Crippen LogP contribution in [0.3, 0.4) is 0 Å². The number of nitrogens with one attached hydrogen (secondary N) is 1. The summed E-state index contributed by atoms with van der Waals surface area (Å²) in [6.07, 6.45) is 1.28. The summed E-state index contributed by atoms with van der Waals surface area (Å²) in [5.41, 5.74) is 0.616. The number of amides is 2. The summed E-state index contributed by atoms with van der Waals surface area (Å²) < 4.78 is 52.5. The Hall–Kier alpha value is -2.43. The molecule has 2 aromatic carbocycles. The lowest BCUT2D eigenvalue weighted by molar-refractivity contribution is -0.141. The third-order valence-electron chi connectivity index (χ3n) is 5.42. The van der Waals surface area contributed by atoms with Gasteiger partial charge in [-0.25, -0.2) is 17.2 Å². The lowest BCUT2D eigenvalue weighted by Gasteiger charge is -2.31. The fraction of sp³-hybridized carbons (Fsp3) is 0.417. The molecule has 0 aliphatic heterocycles. The van der Waals surface area contributed by atoms with Gasteiger partial charge < -0.3 is 10.2 Å². The second kappa shape index (κ2) is 13.2. The van der Waals surface area contributed by atoms with E-state index in [1.807, 2.05) is 0 Å². The number of sulfonamides is 1. The summed E-state index contributed by atoms with van der Waals surface area (Å²) in [6, 6.07) is 6.93. The lowest BCUT2D eigenvalue weighted by Crippen LogP contribution is -2.49. The van der Waals surface area contributed by atoms with E-state index >= 15 is 0 Å². The summed E-state index contributed by atoms with van der Waals surface area (Å²) in [4.78, 5) is 27.4. The van der Waals surface area contributed by atoms with Crippen molar-refractivity contribution in [1.29, 1.82) is 0 Å². The topological polar surface area (TPSA) is 86.8 Å². The molecule has 7 nitrogen and oxygen atoms in total. The minimum Gasteiger partial charge on any atom is -0.355 e. The Morgan fingerprint density at radius 3 is 2.28 bits per heavy atom. The molecule has 0 fully saturated rings. The lowest BCUT2D eigenvalue weighted by atomic mass is 10.1. The molecule has 12 heteroatoms. The van der Waals surface area contributed by atoms with Crippen LogP contribution in [-0.4, -0.2) is 50.5 Å². The molecule has 0 radical (unpaired) electrons. The van der Waals surface area contributed by atoms with Crippen LogP contribution in [-0.2, 0) is 26.2 Å². The van der Waals surface area contributed by atoms with Crippen molar-refractivity contribution in [3.05, 3.63) is 63.6 Å². The number of benzene rings is 2. The van der Waals surface area contributed by atoms with Crippen molar-refractivity contribution in [2.75, 3.05) is 23.7 Å². The summed E-state index contributed by atoms with van der Waals surface area (Å²) in [5.74, 6) is -2.97. The van der Waals surface area contributed by atoms with Gasteiger partial charge in [-0.05, 0) is 49.6 Å². The van der Waals surface area contributed by atoms with E-state index in [0.29, 0.717) is 28.6 Å². The normalized spacial score (nSPS) is 12.2. The number of rotatable bonds is 12. The number of hydrogen-bond acceptors (Lipinski definition) is 4. The van der Waals surface area contributed by atoms with Gasteiger partial charge in [0, 0.05) is 32.1 Å². The Bertz CT molecular complexity index is 1200. The van der Waals surface area contributed by atoms with Gasteiger partial charge in [0.2, 0.25) is 21.8 Å². The highest BCUT2D eigenvalue weighted by Gasteiger charge is 2.29. The monoisotopic (exact) mass is 563 g/mol. The summed E-state index contributed by atoms with van der Waals surface area (Å²) in [5, 5.41) is 3.39. The third kappa shape index (κ3) is 8.04. The second-order valence-corrected chi connectivity index (χ2v) is 10.8. The molecule has 0 aliphatic carbocycles. The number of carbonyl (C=O) groups is 2. The quantitative estimate of drug-likeness (QED) is 0.403. The second-order valence-electron chi connectivity index (χ2n) is 8.13. The van der Waals surface area contributed by atoms with Gasteiger partial charge >= 0.3 is 0 Å². The van der Waals surface area contributed by atoms with Crippen molar-refractivity contribution < 1.29 is 26.8 Å². The minimum absolute atomic E-state index is 0.0507. The van der Waals surface area contributed by atoms with Crippen molar-refractivity contribution in [2.45, 2.75) is 45.7 Å². The molecule has 36 heavy (non-hydrogen) atoms. The predicted molar refractivity (Wildman–Crippen MR) is 138 cm³/mol. The molecule has 1 atom stereocenters. The molecule has 0 bridgehead atoms. The standard InChI is InChI=1S/C24H29Cl2F2N3O4S/c1-4-22(24(33)29-5-2)30(15-16-8-10-18(25)19(26)13-16)23(32)7-6-12-31(36(3,34)35)17-9-11-20(27)21(28)14-17/h8-11,13-14,22H,4-7,12,15H2,1-3H3,(H,29,33)/t22-/m0/s1. The maximum absolute atomic E-state index is 13.7. The summed E-state index contributed by atoms with van der Waals surface area (Å²) in [6.45, 7) is 3.89. The van der Waals surface area contributed by atoms with Gasteiger partial charge in [0.05, 0.1) is 22.0 Å². The van der Waals surface area contributed by atoms with E-state index in [2.05, 4.69) is 5.32 Å². The maximum atomic E-state index is 13.7. The molecule has 2 rings (SSSR count). The van der Waals surface area contributed by atoms with E-state index in [1.54, 1.807) is 32.0 Å². The Morgan fingerprint density at radius 1 is 1.03 bits per heavy atom. The zero-order valence-electron chi connectivity index (χ0n) is 20.2. The molecular weight excluding hydrogens is 535 g/mol.